The summed E-state index contributed by atoms with van der Waals surface area (Å²) in [4.78, 5) is 36.7. The quantitative estimate of drug-likeness (QED) is 0.160. The fourth-order valence-corrected chi connectivity index (χ4v) is 3.79. The van der Waals surface area contributed by atoms with Crippen LogP contribution >= 0.6 is 15.9 Å². The number of aromatic nitrogens is 1. The standard InChI is InChI=1S/C21H19BrN2O7/c1-5-31-21(26)20(25)19-15(11-6-8-12(22)9-7-11)16-13(29-3)10-14(30-4)17(24(27)28)18(16)23(19)2/h6-10H,5H2,1-4H3. The van der Waals surface area contributed by atoms with E-state index in [0.29, 0.717) is 16.5 Å². The molecule has 3 aromatic rings. The number of ketones is 1. The molecule has 0 saturated heterocycles. The van der Waals surface area contributed by atoms with E-state index >= 15 is 0 Å². The van der Waals surface area contributed by atoms with E-state index in [9.17, 15) is 19.7 Å². The molecule has 0 fully saturated rings. The number of ether oxygens (including phenoxy) is 3. The molecule has 2 aromatic carbocycles. The average molecular weight is 491 g/mol. The predicted octanol–water partition coefficient (Wildman–Crippen LogP) is 4.28. The predicted molar refractivity (Wildman–Crippen MR) is 117 cm³/mol. The van der Waals surface area contributed by atoms with Gasteiger partial charge in [0.2, 0.25) is 5.75 Å². The van der Waals surface area contributed by atoms with Gasteiger partial charge >= 0.3 is 11.7 Å². The molecule has 0 atom stereocenters. The topological polar surface area (TPSA) is 110 Å². The highest BCUT2D eigenvalue weighted by molar-refractivity contribution is 9.10. The third-order valence-corrected chi connectivity index (χ3v) is 5.32. The summed E-state index contributed by atoms with van der Waals surface area (Å²) in [6, 6.07) is 8.38. The molecule has 0 aliphatic heterocycles. The van der Waals surface area contributed by atoms with Crippen LogP contribution in [0.3, 0.4) is 0 Å². The Labute approximate surface area is 185 Å². The van der Waals surface area contributed by atoms with Crippen LogP contribution < -0.4 is 9.47 Å². The second-order valence-corrected chi connectivity index (χ2v) is 7.37. The van der Waals surface area contributed by atoms with Crippen molar-refractivity contribution in [3.05, 3.63) is 50.6 Å². The van der Waals surface area contributed by atoms with E-state index in [1.54, 1.807) is 31.2 Å². The van der Waals surface area contributed by atoms with E-state index in [1.807, 2.05) is 0 Å². The number of benzene rings is 2. The van der Waals surface area contributed by atoms with Crippen LogP contribution in [0.1, 0.15) is 17.4 Å². The Morgan fingerprint density at radius 3 is 2.26 bits per heavy atom. The summed E-state index contributed by atoms with van der Waals surface area (Å²) in [5.41, 5.74) is 0.587. The number of carbonyl (C=O) groups is 2. The first kappa shape index (κ1) is 22.3. The van der Waals surface area contributed by atoms with E-state index in [4.69, 9.17) is 14.2 Å². The van der Waals surface area contributed by atoms with Gasteiger partial charge in [0.1, 0.15) is 17.0 Å². The smallest absolute Gasteiger partial charge is 0.381 e. The maximum Gasteiger partial charge on any atom is 0.381 e. The van der Waals surface area contributed by atoms with Gasteiger partial charge < -0.3 is 18.8 Å². The molecule has 1 aromatic heterocycles. The molecule has 0 radical (unpaired) electrons. The van der Waals surface area contributed by atoms with Crippen LogP contribution in [0.4, 0.5) is 5.69 Å². The van der Waals surface area contributed by atoms with Crippen molar-refractivity contribution in [3.63, 3.8) is 0 Å². The van der Waals surface area contributed by atoms with Gasteiger partial charge in [0.05, 0.1) is 31.1 Å². The number of hydrogen-bond donors (Lipinski definition) is 0. The molecular weight excluding hydrogens is 472 g/mol. The van der Waals surface area contributed by atoms with E-state index in [1.165, 1.54) is 31.9 Å². The van der Waals surface area contributed by atoms with Crippen molar-refractivity contribution in [1.82, 2.24) is 4.57 Å². The summed E-state index contributed by atoms with van der Waals surface area (Å²) in [5, 5.41) is 12.3. The molecule has 1 heterocycles. The number of halogens is 1. The summed E-state index contributed by atoms with van der Waals surface area (Å²) in [7, 11) is 4.19. The van der Waals surface area contributed by atoms with Crippen LogP contribution in [-0.4, -0.2) is 42.1 Å². The number of Topliss-reactive ketones (excluding diaryl/α,β-unsaturated/α-hetero) is 1. The number of hydrogen-bond acceptors (Lipinski definition) is 7. The Kier molecular flexibility index (Phi) is 6.30. The Morgan fingerprint density at radius 2 is 1.74 bits per heavy atom. The normalized spacial score (nSPS) is 10.7. The van der Waals surface area contributed by atoms with Gasteiger partial charge in [-0.25, -0.2) is 4.79 Å². The van der Waals surface area contributed by atoms with E-state index in [-0.39, 0.29) is 35.0 Å². The molecule has 0 bridgehead atoms. The van der Waals surface area contributed by atoms with Crippen molar-refractivity contribution in [2.45, 2.75) is 6.92 Å². The first-order chi connectivity index (χ1) is 14.8. The Bertz CT molecular complexity index is 1200. The van der Waals surface area contributed by atoms with Crippen LogP contribution in [0.2, 0.25) is 0 Å². The van der Waals surface area contributed by atoms with Gasteiger partial charge in [0.25, 0.3) is 5.78 Å². The fourth-order valence-electron chi connectivity index (χ4n) is 3.53. The Morgan fingerprint density at radius 1 is 1.13 bits per heavy atom. The SMILES string of the molecule is CCOC(=O)C(=O)c1c(-c2ccc(Br)cc2)c2c(OC)cc(OC)c([N+](=O)[O-])c2n1C. The number of fused-ring (bicyclic) bond motifs is 1. The highest BCUT2D eigenvalue weighted by Gasteiger charge is 2.35. The summed E-state index contributed by atoms with van der Waals surface area (Å²) in [6.07, 6.45) is 0. The number of rotatable bonds is 7. The molecule has 0 spiro atoms. The van der Waals surface area contributed by atoms with Crippen LogP contribution in [-0.2, 0) is 16.6 Å². The van der Waals surface area contributed by atoms with Gasteiger partial charge in [0, 0.05) is 23.2 Å². The molecule has 162 valence electrons. The maximum absolute atomic E-state index is 13.1. The Balaban J connectivity index is 2.56. The van der Waals surface area contributed by atoms with Crippen LogP contribution in [0.15, 0.2) is 34.8 Å². The molecule has 3 rings (SSSR count). The third kappa shape index (κ3) is 3.74. The zero-order valence-electron chi connectivity index (χ0n) is 17.2. The minimum absolute atomic E-state index is 0.0133. The van der Waals surface area contributed by atoms with Gasteiger partial charge in [-0.15, -0.1) is 0 Å². The summed E-state index contributed by atoms with van der Waals surface area (Å²) < 4.78 is 17.7. The fraction of sp³-hybridized carbons (Fsp3) is 0.238. The summed E-state index contributed by atoms with van der Waals surface area (Å²) >= 11 is 3.37. The van der Waals surface area contributed by atoms with E-state index in [0.717, 1.165) is 4.47 Å². The van der Waals surface area contributed by atoms with Crippen molar-refractivity contribution in [2.75, 3.05) is 20.8 Å². The molecule has 9 nitrogen and oxygen atoms in total. The van der Waals surface area contributed by atoms with E-state index in [2.05, 4.69) is 15.9 Å². The zero-order valence-corrected chi connectivity index (χ0v) is 18.8. The van der Waals surface area contributed by atoms with Gasteiger partial charge in [-0.1, -0.05) is 28.1 Å². The van der Waals surface area contributed by atoms with Crippen LogP contribution in [0.5, 0.6) is 11.5 Å². The lowest BCUT2D eigenvalue weighted by atomic mass is 9.99. The monoisotopic (exact) mass is 490 g/mol. The molecule has 0 aliphatic rings. The molecule has 0 saturated carbocycles. The number of methoxy groups -OCH3 is 2. The number of nitro groups is 1. The third-order valence-electron chi connectivity index (χ3n) is 4.79. The largest absolute Gasteiger partial charge is 0.496 e. The number of esters is 1. The number of nitro benzene ring substituents is 1. The van der Waals surface area contributed by atoms with Gasteiger partial charge in [-0.05, 0) is 24.6 Å². The molecule has 0 aliphatic carbocycles. The molecule has 10 heteroatoms. The summed E-state index contributed by atoms with van der Waals surface area (Å²) in [5.74, 6) is -1.75. The highest BCUT2D eigenvalue weighted by Crippen LogP contribution is 2.48. The van der Waals surface area contributed by atoms with Gasteiger partial charge in [-0.3, -0.25) is 14.9 Å². The molecule has 0 unspecified atom stereocenters. The van der Waals surface area contributed by atoms with Crippen LogP contribution in [0, 0.1) is 10.1 Å². The lowest BCUT2D eigenvalue weighted by Gasteiger charge is -2.10. The minimum Gasteiger partial charge on any atom is -0.496 e. The number of aryl methyl sites for hydroxylation is 1. The Hall–Kier alpha value is -3.40. The molecule has 31 heavy (non-hydrogen) atoms. The van der Waals surface area contributed by atoms with Crippen LogP contribution in [0.25, 0.3) is 22.0 Å². The first-order valence-corrected chi connectivity index (χ1v) is 9.95. The molecular formula is C21H19BrN2O7. The molecule has 0 N–H and O–H groups in total. The van der Waals surface area contributed by atoms with Crippen molar-refractivity contribution in [3.8, 4) is 22.6 Å². The lowest BCUT2D eigenvalue weighted by molar-refractivity contribution is -0.384. The lowest BCUT2D eigenvalue weighted by Crippen LogP contribution is -2.21. The van der Waals surface area contributed by atoms with Gasteiger partial charge in [0.15, 0.2) is 0 Å². The molecule has 0 amide bonds. The average Bonchev–Trinajstić information content (AvgIpc) is 3.05. The number of carbonyl (C=O) groups excluding carboxylic acids is 2. The summed E-state index contributed by atoms with van der Waals surface area (Å²) in [6.45, 7) is 1.60. The maximum atomic E-state index is 13.1. The highest BCUT2D eigenvalue weighted by atomic mass is 79.9. The first-order valence-electron chi connectivity index (χ1n) is 9.15. The van der Waals surface area contributed by atoms with E-state index < -0.39 is 16.7 Å². The van der Waals surface area contributed by atoms with Gasteiger partial charge in [-0.2, -0.15) is 0 Å². The zero-order chi connectivity index (χ0) is 22.9. The van der Waals surface area contributed by atoms with Crippen molar-refractivity contribution >= 4 is 44.3 Å². The van der Waals surface area contributed by atoms with Crippen molar-refractivity contribution in [1.29, 1.82) is 0 Å². The second kappa shape index (κ2) is 8.76. The second-order valence-electron chi connectivity index (χ2n) is 6.45. The van der Waals surface area contributed by atoms with Crippen molar-refractivity contribution in [2.24, 2.45) is 7.05 Å². The van der Waals surface area contributed by atoms with Crippen molar-refractivity contribution < 1.29 is 28.7 Å². The number of nitrogens with zero attached hydrogens (tertiary/aromatic N) is 2. The minimum atomic E-state index is -1.06.